The Morgan fingerprint density at radius 2 is 1.85 bits per heavy atom. The van der Waals surface area contributed by atoms with Gasteiger partial charge >= 0.3 is 12.2 Å². The zero-order chi connectivity index (χ0) is 18.9. The van der Waals surface area contributed by atoms with Gasteiger partial charge in [-0.2, -0.15) is 13.2 Å². The lowest BCUT2D eigenvalue weighted by Gasteiger charge is -2.36. The van der Waals surface area contributed by atoms with E-state index in [1.807, 2.05) is 13.8 Å². The van der Waals surface area contributed by atoms with Crippen LogP contribution < -0.4 is 5.32 Å². The third kappa shape index (κ3) is 3.63. The largest absolute Gasteiger partial charge is 0.416 e. The summed E-state index contributed by atoms with van der Waals surface area (Å²) in [6.07, 6.45) is -0.754. The number of nitrogens with zero attached hydrogens (tertiary/aromatic N) is 3. The van der Waals surface area contributed by atoms with Crippen molar-refractivity contribution in [3.63, 3.8) is 0 Å². The van der Waals surface area contributed by atoms with Crippen molar-refractivity contribution in [1.29, 1.82) is 0 Å². The normalized spacial score (nSPS) is 17.2. The van der Waals surface area contributed by atoms with E-state index < -0.39 is 17.8 Å². The molecule has 0 saturated heterocycles. The van der Waals surface area contributed by atoms with Crippen LogP contribution in [0.2, 0.25) is 0 Å². The van der Waals surface area contributed by atoms with Gasteiger partial charge in [0.25, 0.3) is 0 Å². The van der Waals surface area contributed by atoms with E-state index in [1.54, 1.807) is 11.1 Å². The van der Waals surface area contributed by atoms with E-state index in [1.165, 1.54) is 18.3 Å². The molecular formula is C18H19F3N4O. The number of hydrogen-bond donors (Lipinski definition) is 1. The molecule has 1 aromatic heterocycles. The van der Waals surface area contributed by atoms with Gasteiger partial charge in [-0.3, -0.25) is 9.97 Å². The maximum Gasteiger partial charge on any atom is 0.416 e. The second kappa shape index (κ2) is 6.93. The van der Waals surface area contributed by atoms with E-state index in [0.29, 0.717) is 24.2 Å². The molecule has 1 aliphatic rings. The molecule has 0 radical (unpaired) electrons. The monoisotopic (exact) mass is 364 g/mol. The predicted octanol–water partition coefficient (Wildman–Crippen LogP) is 3.56. The highest BCUT2D eigenvalue weighted by molar-refractivity contribution is 5.76. The predicted molar refractivity (Wildman–Crippen MR) is 89.4 cm³/mol. The molecule has 0 saturated carbocycles. The topological polar surface area (TPSA) is 58.1 Å². The molecule has 26 heavy (non-hydrogen) atoms. The van der Waals surface area contributed by atoms with Crippen LogP contribution in [0.25, 0.3) is 0 Å². The first-order valence-electron chi connectivity index (χ1n) is 8.31. The standard InChI is InChI=1S/C18H19F3N4O/c1-11(2)24-17(26)25-10-7-14-15(23-9-8-22-14)16(25)12-3-5-13(6-4-12)18(19,20)21/h3-6,8-9,11,16H,7,10H2,1-2H3,(H,24,26). The van der Waals surface area contributed by atoms with E-state index >= 15 is 0 Å². The van der Waals surface area contributed by atoms with Crippen molar-refractivity contribution in [2.75, 3.05) is 6.54 Å². The molecule has 2 amide bonds. The molecule has 8 heteroatoms. The van der Waals surface area contributed by atoms with Crippen LogP contribution in [0, 0.1) is 0 Å². The van der Waals surface area contributed by atoms with Crippen molar-refractivity contribution in [1.82, 2.24) is 20.2 Å². The molecule has 1 unspecified atom stereocenters. The molecule has 1 atom stereocenters. The number of carbonyl (C=O) groups is 1. The molecule has 0 aliphatic carbocycles. The Morgan fingerprint density at radius 1 is 1.19 bits per heavy atom. The average Bonchev–Trinajstić information content (AvgIpc) is 2.59. The second-order valence-corrected chi connectivity index (χ2v) is 6.46. The summed E-state index contributed by atoms with van der Waals surface area (Å²) in [5, 5.41) is 2.84. The van der Waals surface area contributed by atoms with Crippen LogP contribution in [0.15, 0.2) is 36.7 Å². The van der Waals surface area contributed by atoms with Crippen LogP contribution in [-0.4, -0.2) is 33.5 Å². The molecule has 2 aromatic rings. The second-order valence-electron chi connectivity index (χ2n) is 6.46. The number of carbonyl (C=O) groups excluding carboxylic acids is 1. The first-order valence-corrected chi connectivity index (χ1v) is 8.31. The Balaban J connectivity index is 2.02. The summed E-state index contributed by atoms with van der Waals surface area (Å²) in [5.41, 5.74) is 1.19. The first-order chi connectivity index (χ1) is 12.3. The molecule has 0 spiro atoms. The third-order valence-electron chi connectivity index (χ3n) is 4.19. The molecule has 3 rings (SSSR count). The Hall–Kier alpha value is -2.64. The van der Waals surface area contributed by atoms with Gasteiger partial charge in [0, 0.05) is 31.4 Å². The fourth-order valence-electron chi connectivity index (χ4n) is 3.04. The van der Waals surface area contributed by atoms with Crippen LogP contribution in [0.5, 0.6) is 0 Å². The van der Waals surface area contributed by atoms with Crippen molar-refractivity contribution in [3.05, 3.63) is 59.2 Å². The van der Waals surface area contributed by atoms with E-state index in [9.17, 15) is 18.0 Å². The van der Waals surface area contributed by atoms with Crippen molar-refractivity contribution >= 4 is 6.03 Å². The van der Waals surface area contributed by atoms with E-state index in [0.717, 1.165) is 17.8 Å². The fourth-order valence-corrected chi connectivity index (χ4v) is 3.04. The van der Waals surface area contributed by atoms with E-state index in [2.05, 4.69) is 15.3 Å². The van der Waals surface area contributed by atoms with Crippen LogP contribution >= 0.6 is 0 Å². The molecule has 1 aromatic carbocycles. The van der Waals surface area contributed by atoms with E-state index in [4.69, 9.17) is 0 Å². The Morgan fingerprint density at radius 3 is 2.46 bits per heavy atom. The number of nitrogens with one attached hydrogen (secondary N) is 1. The first kappa shape index (κ1) is 18.2. The fraction of sp³-hybridized carbons (Fsp3) is 0.389. The molecule has 5 nitrogen and oxygen atoms in total. The molecule has 2 heterocycles. The average molecular weight is 364 g/mol. The zero-order valence-corrected chi connectivity index (χ0v) is 14.4. The van der Waals surface area contributed by atoms with Crippen LogP contribution in [0.4, 0.5) is 18.0 Å². The molecule has 1 aliphatic heterocycles. The number of benzene rings is 1. The number of fused-ring (bicyclic) bond motifs is 1. The highest BCUT2D eigenvalue weighted by atomic mass is 19.4. The molecule has 138 valence electrons. The maximum absolute atomic E-state index is 12.9. The maximum atomic E-state index is 12.9. The Bertz CT molecular complexity index is 790. The lowest BCUT2D eigenvalue weighted by molar-refractivity contribution is -0.137. The van der Waals surface area contributed by atoms with Crippen molar-refractivity contribution < 1.29 is 18.0 Å². The smallest absolute Gasteiger partial charge is 0.336 e. The molecule has 1 N–H and O–H groups in total. The molecule has 0 bridgehead atoms. The number of alkyl halides is 3. The number of hydrogen-bond acceptors (Lipinski definition) is 3. The number of rotatable bonds is 2. The summed E-state index contributed by atoms with van der Waals surface area (Å²) in [7, 11) is 0. The van der Waals surface area contributed by atoms with Gasteiger partial charge in [-0.1, -0.05) is 12.1 Å². The summed E-state index contributed by atoms with van der Waals surface area (Å²) in [6.45, 7) is 4.11. The lowest BCUT2D eigenvalue weighted by Crippen LogP contribution is -2.48. The number of urea groups is 1. The lowest BCUT2D eigenvalue weighted by atomic mass is 9.94. The van der Waals surface area contributed by atoms with E-state index in [-0.39, 0.29) is 12.1 Å². The van der Waals surface area contributed by atoms with Crippen LogP contribution in [0.3, 0.4) is 0 Å². The highest BCUT2D eigenvalue weighted by Crippen LogP contribution is 2.35. The minimum Gasteiger partial charge on any atom is -0.336 e. The third-order valence-corrected chi connectivity index (χ3v) is 4.19. The molecular weight excluding hydrogens is 345 g/mol. The summed E-state index contributed by atoms with van der Waals surface area (Å²) < 4.78 is 38.6. The summed E-state index contributed by atoms with van der Waals surface area (Å²) >= 11 is 0. The van der Waals surface area contributed by atoms with Gasteiger partial charge in [0.05, 0.1) is 17.0 Å². The number of halogens is 3. The van der Waals surface area contributed by atoms with Gasteiger partial charge in [-0.15, -0.1) is 0 Å². The number of aromatic nitrogens is 2. The van der Waals surface area contributed by atoms with Gasteiger partial charge in [0.1, 0.15) is 6.04 Å². The van der Waals surface area contributed by atoms with Gasteiger partial charge in [-0.05, 0) is 31.5 Å². The SMILES string of the molecule is CC(C)NC(=O)N1CCc2nccnc2C1c1ccc(C(F)(F)F)cc1. The zero-order valence-electron chi connectivity index (χ0n) is 14.4. The summed E-state index contributed by atoms with van der Waals surface area (Å²) in [5.74, 6) is 0. The number of amides is 2. The van der Waals surface area contributed by atoms with Crippen LogP contribution in [-0.2, 0) is 12.6 Å². The Labute approximate surface area is 149 Å². The minimum absolute atomic E-state index is 0.0565. The van der Waals surface area contributed by atoms with Crippen molar-refractivity contribution in [2.24, 2.45) is 0 Å². The van der Waals surface area contributed by atoms with Gasteiger partial charge in [0.2, 0.25) is 0 Å². The summed E-state index contributed by atoms with van der Waals surface area (Å²) in [4.78, 5) is 22.9. The molecule has 0 fully saturated rings. The van der Waals surface area contributed by atoms with Crippen LogP contribution in [0.1, 0.15) is 42.4 Å². The van der Waals surface area contributed by atoms with Gasteiger partial charge in [-0.25, -0.2) is 4.79 Å². The highest BCUT2D eigenvalue weighted by Gasteiger charge is 2.35. The van der Waals surface area contributed by atoms with Gasteiger partial charge < -0.3 is 10.2 Å². The summed E-state index contributed by atoms with van der Waals surface area (Å²) in [6, 6.07) is 3.94. The minimum atomic E-state index is -4.41. The Kier molecular flexibility index (Phi) is 4.84. The quantitative estimate of drug-likeness (QED) is 0.886. The van der Waals surface area contributed by atoms with Crippen molar-refractivity contribution in [3.8, 4) is 0 Å². The van der Waals surface area contributed by atoms with Gasteiger partial charge in [0.15, 0.2) is 0 Å². The van der Waals surface area contributed by atoms with Crippen molar-refractivity contribution in [2.45, 2.75) is 38.5 Å².